The van der Waals surface area contributed by atoms with Gasteiger partial charge in [-0.15, -0.1) is 0 Å². The van der Waals surface area contributed by atoms with E-state index >= 15 is 0 Å². The Bertz CT molecular complexity index is 624. The molecule has 2 unspecified atom stereocenters. The number of benzene rings is 1. The highest BCUT2D eigenvalue weighted by molar-refractivity contribution is 6.13. The van der Waals surface area contributed by atoms with Gasteiger partial charge < -0.3 is 4.84 Å². The van der Waals surface area contributed by atoms with E-state index in [4.69, 9.17) is 16.6 Å². The molecule has 2 saturated carbocycles. The van der Waals surface area contributed by atoms with E-state index in [1.54, 1.807) is 0 Å². The molecule has 0 radical (unpaired) electrons. The molecule has 3 rings (SSSR count). The summed E-state index contributed by atoms with van der Waals surface area (Å²) >= 11 is 7.20. The maximum absolute atomic E-state index is 7.20. The van der Waals surface area contributed by atoms with E-state index < -0.39 is 0 Å². The lowest BCUT2D eigenvalue weighted by Gasteiger charge is -2.51. The normalized spacial score (nSPS) is 26.9. The van der Waals surface area contributed by atoms with Gasteiger partial charge in [-0.2, -0.15) is 0 Å². The molecule has 29 heavy (non-hydrogen) atoms. The predicted molar refractivity (Wildman–Crippen MR) is 124 cm³/mol. The van der Waals surface area contributed by atoms with Crippen molar-refractivity contribution in [1.82, 2.24) is 4.58 Å². The zero-order chi connectivity index (χ0) is 21.0. The topological polar surface area (TPSA) is 12.5 Å². The smallest absolute Gasteiger partial charge is 0.156 e. The number of hydroxylamine groups is 1. The van der Waals surface area contributed by atoms with E-state index in [1.807, 2.05) is 4.58 Å². The number of para-hydroxylation sites is 1. The first kappa shape index (κ1) is 22.9. The molecule has 0 heterocycles. The van der Waals surface area contributed by atoms with Gasteiger partial charge in [0.25, 0.3) is 0 Å². The fourth-order valence-electron chi connectivity index (χ4n) is 5.90. The fraction of sp³-hybridized carbons (Fsp3) is 0.769. The van der Waals surface area contributed by atoms with Crippen LogP contribution in [0.4, 0.5) is 0 Å². The zero-order valence-electron chi connectivity index (χ0n) is 19.3. The van der Waals surface area contributed by atoms with Gasteiger partial charge in [0.15, 0.2) is 5.75 Å². The molecule has 3 heteroatoms. The van der Waals surface area contributed by atoms with Crippen LogP contribution in [0, 0.1) is 11.8 Å². The lowest BCUT2D eigenvalue weighted by Crippen LogP contribution is -2.57. The lowest BCUT2D eigenvalue weighted by molar-refractivity contribution is -0.134. The van der Waals surface area contributed by atoms with Gasteiger partial charge in [-0.05, 0) is 65.1 Å². The molecule has 2 aliphatic carbocycles. The van der Waals surface area contributed by atoms with Gasteiger partial charge in [0.05, 0.1) is 5.54 Å². The second-order valence-electron chi connectivity index (χ2n) is 10.2. The fourth-order valence-corrected chi connectivity index (χ4v) is 6.36. The maximum Gasteiger partial charge on any atom is 0.156 e. The van der Waals surface area contributed by atoms with Crippen molar-refractivity contribution in [3.8, 4) is 5.75 Å². The summed E-state index contributed by atoms with van der Waals surface area (Å²) in [6, 6.07) is 6.58. The van der Waals surface area contributed by atoms with Crippen LogP contribution in [0.15, 0.2) is 18.2 Å². The van der Waals surface area contributed by atoms with Crippen LogP contribution in [0.5, 0.6) is 5.75 Å². The standard InChI is InChI=1S/C26H42ClNO/c1-19(2)23-16-12-17-24(20(3)4)25(23)29-28(27)26(18-11-10-13-21(26)5)22-14-8-6-7-9-15-22/h12,16-17,19-22H,6-11,13-15,18H2,1-5H3. The van der Waals surface area contributed by atoms with Crippen LogP contribution in [-0.4, -0.2) is 10.1 Å². The molecule has 0 spiro atoms. The quantitative estimate of drug-likeness (QED) is 0.260. The van der Waals surface area contributed by atoms with Crippen LogP contribution in [0.2, 0.25) is 0 Å². The third kappa shape index (κ3) is 4.79. The highest BCUT2D eigenvalue weighted by atomic mass is 35.5. The minimum Gasteiger partial charge on any atom is -0.389 e. The van der Waals surface area contributed by atoms with Crippen molar-refractivity contribution in [3.63, 3.8) is 0 Å². The largest absolute Gasteiger partial charge is 0.389 e. The molecular weight excluding hydrogens is 378 g/mol. The van der Waals surface area contributed by atoms with Crippen molar-refractivity contribution >= 4 is 11.8 Å². The van der Waals surface area contributed by atoms with Gasteiger partial charge in [0, 0.05) is 11.8 Å². The van der Waals surface area contributed by atoms with Crippen LogP contribution in [0.25, 0.3) is 0 Å². The summed E-state index contributed by atoms with van der Waals surface area (Å²) in [4.78, 5) is 6.71. The third-order valence-electron chi connectivity index (χ3n) is 7.70. The van der Waals surface area contributed by atoms with Crippen LogP contribution in [0.3, 0.4) is 0 Å². The first-order valence-electron chi connectivity index (χ1n) is 12.1. The molecule has 2 aliphatic rings. The Hall–Kier alpha value is -0.730. The molecule has 0 aliphatic heterocycles. The summed E-state index contributed by atoms with van der Waals surface area (Å²) in [6.07, 6.45) is 13.0. The Balaban J connectivity index is 1.98. The average Bonchev–Trinajstić information content (AvgIpc) is 2.98. The molecule has 2 fully saturated rings. The van der Waals surface area contributed by atoms with Crippen molar-refractivity contribution in [2.75, 3.05) is 0 Å². The molecule has 0 amide bonds. The van der Waals surface area contributed by atoms with Gasteiger partial charge in [-0.25, -0.2) is 0 Å². The van der Waals surface area contributed by atoms with Gasteiger partial charge in [-0.1, -0.05) is 91.3 Å². The van der Waals surface area contributed by atoms with Crippen LogP contribution in [-0.2, 0) is 0 Å². The summed E-state index contributed by atoms with van der Waals surface area (Å²) in [6.45, 7) is 11.4. The van der Waals surface area contributed by atoms with Gasteiger partial charge in [-0.3, -0.25) is 0 Å². The van der Waals surface area contributed by atoms with E-state index in [1.165, 1.54) is 68.9 Å². The van der Waals surface area contributed by atoms with E-state index in [-0.39, 0.29) is 5.54 Å². The molecule has 0 bridgehead atoms. The first-order valence-corrected chi connectivity index (χ1v) is 12.5. The third-order valence-corrected chi connectivity index (χ3v) is 8.08. The van der Waals surface area contributed by atoms with Gasteiger partial charge in [0.2, 0.25) is 0 Å². The Kier molecular flexibility index (Phi) is 7.95. The second kappa shape index (κ2) is 10.1. The van der Waals surface area contributed by atoms with Gasteiger partial charge in [0.1, 0.15) is 0 Å². The highest BCUT2D eigenvalue weighted by Gasteiger charge is 2.50. The monoisotopic (exact) mass is 419 g/mol. The van der Waals surface area contributed by atoms with Crippen molar-refractivity contribution in [2.45, 2.75) is 116 Å². The summed E-state index contributed by atoms with van der Waals surface area (Å²) in [7, 11) is 0. The Labute approximate surface area is 184 Å². The predicted octanol–water partition coefficient (Wildman–Crippen LogP) is 8.60. The zero-order valence-corrected chi connectivity index (χ0v) is 20.1. The molecule has 0 saturated heterocycles. The van der Waals surface area contributed by atoms with E-state index in [0.717, 1.165) is 12.2 Å². The maximum atomic E-state index is 7.20. The van der Waals surface area contributed by atoms with Crippen LogP contribution in [0.1, 0.15) is 122 Å². The van der Waals surface area contributed by atoms with Crippen LogP contribution >= 0.6 is 11.8 Å². The lowest BCUT2D eigenvalue weighted by atomic mass is 9.65. The summed E-state index contributed by atoms with van der Waals surface area (Å²) < 4.78 is 1.83. The highest BCUT2D eigenvalue weighted by Crippen LogP contribution is 2.50. The SMILES string of the molecule is CC(C)c1cccc(C(C)C)c1ON(Cl)C1(C2CCCCCC2)CCCCC1C. The molecular formula is C26H42ClNO. The van der Waals surface area contributed by atoms with Gasteiger partial charge >= 0.3 is 0 Å². The van der Waals surface area contributed by atoms with Crippen molar-refractivity contribution in [3.05, 3.63) is 29.3 Å². The van der Waals surface area contributed by atoms with Crippen LogP contribution < -0.4 is 4.84 Å². The number of hydrogen-bond donors (Lipinski definition) is 0. The van der Waals surface area contributed by atoms with Crippen molar-refractivity contribution < 1.29 is 4.84 Å². The molecule has 1 aromatic rings. The van der Waals surface area contributed by atoms with E-state index in [0.29, 0.717) is 23.7 Å². The molecule has 0 aromatic heterocycles. The molecule has 0 N–H and O–H groups in total. The second-order valence-corrected chi connectivity index (χ2v) is 10.5. The Morgan fingerprint density at radius 2 is 1.45 bits per heavy atom. The summed E-state index contributed by atoms with van der Waals surface area (Å²) in [5.74, 6) is 3.01. The summed E-state index contributed by atoms with van der Waals surface area (Å²) in [5.41, 5.74) is 2.48. The van der Waals surface area contributed by atoms with Crippen molar-refractivity contribution in [2.24, 2.45) is 11.8 Å². The Morgan fingerprint density at radius 1 is 0.897 bits per heavy atom. The molecule has 2 atom stereocenters. The van der Waals surface area contributed by atoms with E-state index in [9.17, 15) is 0 Å². The number of hydrogen-bond acceptors (Lipinski definition) is 2. The molecule has 1 aromatic carbocycles. The van der Waals surface area contributed by atoms with Crippen molar-refractivity contribution in [1.29, 1.82) is 0 Å². The number of halogens is 1. The Morgan fingerprint density at radius 3 is 1.97 bits per heavy atom. The molecule has 2 nitrogen and oxygen atoms in total. The minimum absolute atomic E-state index is 0.0531. The van der Waals surface area contributed by atoms with E-state index in [2.05, 4.69) is 52.8 Å². The number of rotatable bonds is 6. The molecule has 164 valence electrons. The first-order chi connectivity index (χ1) is 13.9. The number of nitrogens with zero attached hydrogens (tertiary/aromatic N) is 1. The minimum atomic E-state index is -0.0531. The average molecular weight is 420 g/mol. The summed E-state index contributed by atoms with van der Waals surface area (Å²) in [5, 5.41) is 0.